The molecule has 0 spiro atoms. The summed E-state index contributed by atoms with van der Waals surface area (Å²) in [7, 11) is 0. The van der Waals surface area contributed by atoms with Gasteiger partial charge in [0, 0.05) is 24.0 Å². The van der Waals surface area contributed by atoms with E-state index in [2.05, 4.69) is 31.0 Å². The van der Waals surface area contributed by atoms with Crippen LogP contribution in [-0.2, 0) is 9.59 Å². The van der Waals surface area contributed by atoms with E-state index >= 15 is 0 Å². The molecule has 1 fully saturated rings. The Bertz CT molecular complexity index is 1290. The van der Waals surface area contributed by atoms with Crippen LogP contribution in [0.15, 0.2) is 53.5 Å². The van der Waals surface area contributed by atoms with E-state index < -0.39 is 23.9 Å². The first kappa shape index (κ1) is 26.9. The molecule has 1 atom stereocenters. The lowest BCUT2D eigenvalue weighted by molar-refractivity contribution is -0.192. The molecule has 15 heteroatoms. The number of amides is 2. The lowest BCUT2D eigenvalue weighted by Gasteiger charge is -2.15. The second kappa shape index (κ2) is 11.8. The zero-order chi connectivity index (χ0) is 27.0. The second-order valence-corrected chi connectivity index (χ2v) is 7.70. The summed E-state index contributed by atoms with van der Waals surface area (Å²) in [5.74, 6) is -2.56. The van der Waals surface area contributed by atoms with Crippen LogP contribution in [-0.4, -0.2) is 61.4 Å². The van der Waals surface area contributed by atoms with Crippen LogP contribution in [0.5, 0.6) is 0 Å². The van der Waals surface area contributed by atoms with Gasteiger partial charge in [0.1, 0.15) is 6.04 Å². The molecular formula is C22H22F3N7O5. The van der Waals surface area contributed by atoms with Crippen molar-refractivity contribution in [2.45, 2.75) is 31.5 Å². The number of nitrogens with one attached hydrogen (secondary N) is 4. The standard InChI is InChI=1S/C20H21N7O3.C2HF3O2/c28-17(24-15-5-1-3-12-22-18(15)29)13-7-9-14(10-8-13)23-19-25-20(30)27(26-19)16-6-2-4-11-21-16;3-2(4,5)1(6)7/h2,4,6-11,15H,1,3,5,12H2,(H,22,29)(H,24,28)(H2,23,25,26,30);(H,6,7). The molecule has 2 amide bonds. The van der Waals surface area contributed by atoms with E-state index in [-0.39, 0.29) is 17.8 Å². The van der Waals surface area contributed by atoms with E-state index in [1.54, 1.807) is 48.7 Å². The molecular weight excluding hydrogens is 499 g/mol. The number of carbonyl (C=O) groups is 3. The van der Waals surface area contributed by atoms with Crippen molar-refractivity contribution in [3.63, 3.8) is 0 Å². The van der Waals surface area contributed by atoms with Gasteiger partial charge in [-0.1, -0.05) is 6.07 Å². The number of aromatic nitrogens is 4. The number of rotatable bonds is 5. The fraction of sp³-hybridized carbons (Fsp3) is 0.273. The van der Waals surface area contributed by atoms with Gasteiger partial charge in [-0.2, -0.15) is 17.9 Å². The predicted molar refractivity (Wildman–Crippen MR) is 124 cm³/mol. The highest BCUT2D eigenvalue weighted by Gasteiger charge is 2.38. The number of nitrogens with zero attached hydrogens (tertiary/aromatic N) is 3. The van der Waals surface area contributed by atoms with Gasteiger partial charge in [0.2, 0.25) is 11.9 Å². The molecule has 2 aromatic heterocycles. The quantitative estimate of drug-likeness (QED) is 0.338. The minimum Gasteiger partial charge on any atom is -0.475 e. The molecule has 3 heterocycles. The van der Waals surface area contributed by atoms with Crippen LogP contribution in [0, 0.1) is 0 Å². The first-order valence-electron chi connectivity index (χ1n) is 10.9. The molecule has 5 N–H and O–H groups in total. The number of carbonyl (C=O) groups excluding carboxylic acids is 2. The molecule has 12 nitrogen and oxygen atoms in total. The molecule has 196 valence electrons. The van der Waals surface area contributed by atoms with Crippen LogP contribution in [0.1, 0.15) is 29.6 Å². The van der Waals surface area contributed by atoms with Crippen molar-refractivity contribution in [2.75, 3.05) is 11.9 Å². The van der Waals surface area contributed by atoms with Gasteiger partial charge >= 0.3 is 17.8 Å². The molecule has 0 radical (unpaired) electrons. The first-order chi connectivity index (χ1) is 17.5. The number of benzene rings is 1. The van der Waals surface area contributed by atoms with Gasteiger partial charge in [-0.25, -0.2) is 14.6 Å². The average molecular weight is 521 g/mol. The molecule has 0 aliphatic carbocycles. The maximum absolute atomic E-state index is 12.5. The smallest absolute Gasteiger partial charge is 0.475 e. The number of aromatic amines is 1. The number of aliphatic carboxylic acids is 1. The van der Waals surface area contributed by atoms with E-state index in [4.69, 9.17) is 9.90 Å². The lowest BCUT2D eigenvalue weighted by atomic mass is 10.1. The van der Waals surface area contributed by atoms with E-state index in [1.165, 1.54) is 0 Å². The van der Waals surface area contributed by atoms with E-state index in [9.17, 15) is 27.6 Å². The Hall–Kier alpha value is -4.69. The Kier molecular flexibility index (Phi) is 8.60. The minimum absolute atomic E-state index is 0.147. The highest BCUT2D eigenvalue weighted by Crippen LogP contribution is 2.15. The zero-order valence-electron chi connectivity index (χ0n) is 19.1. The monoisotopic (exact) mass is 521 g/mol. The largest absolute Gasteiger partial charge is 0.490 e. The number of H-pyrrole nitrogens is 1. The summed E-state index contributed by atoms with van der Waals surface area (Å²) in [5, 5.41) is 19.9. The minimum atomic E-state index is -5.08. The Morgan fingerprint density at radius 3 is 2.41 bits per heavy atom. The number of hydrogen-bond donors (Lipinski definition) is 5. The molecule has 1 aliphatic heterocycles. The maximum Gasteiger partial charge on any atom is 0.490 e. The summed E-state index contributed by atoms with van der Waals surface area (Å²) in [6.45, 7) is 0.643. The Morgan fingerprint density at radius 1 is 1.08 bits per heavy atom. The molecule has 0 bridgehead atoms. The van der Waals surface area contributed by atoms with E-state index in [0.29, 0.717) is 30.0 Å². The van der Waals surface area contributed by atoms with E-state index in [0.717, 1.165) is 17.5 Å². The molecule has 1 aromatic carbocycles. The van der Waals surface area contributed by atoms with Gasteiger partial charge in [-0.05, 0) is 55.7 Å². The summed E-state index contributed by atoms with van der Waals surface area (Å²) in [6.07, 6.45) is -1.08. The summed E-state index contributed by atoms with van der Waals surface area (Å²) in [4.78, 5) is 52.2. The summed E-state index contributed by atoms with van der Waals surface area (Å²) in [6, 6.07) is 11.3. The third kappa shape index (κ3) is 7.65. The van der Waals surface area contributed by atoms with Gasteiger partial charge in [0.25, 0.3) is 5.91 Å². The first-order valence-corrected chi connectivity index (χ1v) is 10.9. The van der Waals surface area contributed by atoms with Gasteiger partial charge in [0.15, 0.2) is 5.82 Å². The van der Waals surface area contributed by atoms with Crippen LogP contribution < -0.4 is 21.6 Å². The predicted octanol–water partition coefficient (Wildman–Crippen LogP) is 1.73. The van der Waals surface area contributed by atoms with E-state index in [1.807, 2.05) is 0 Å². The third-order valence-corrected chi connectivity index (χ3v) is 4.98. The topological polar surface area (TPSA) is 171 Å². The van der Waals surface area contributed by atoms with Crippen molar-refractivity contribution in [1.29, 1.82) is 0 Å². The summed E-state index contributed by atoms with van der Waals surface area (Å²) in [5.41, 5.74) is 0.652. The molecule has 1 saturated heterocycles. The molecule has 1 unspecified atom stereocenters. The fourth-order valence-corrected chi connectivity index (χ4v) is 3.18. The van der Waals surface area contributed by atoms with Crippen LogP contribution in [0.3, 0.4) is 0 Å². The Balaban J connectivity index is 0.000000479. The van der Waals surface area contributed by atoms with Crippen molar-refractivity contribution in [3.05, 3.63) is 64.7 Å². The Morgan fingerprint density at radius 2 is 1.78 bits per heavy atom. The third-order valence-electron chi connectivity index (χ3n) is 4.98. The van der Waals surface area contributed by atoms with Crippen LogP contribution in [0.25, 0.3) is 5.82 Å². The van der Waals surface area contributed by atoms with Crippen LogP contribution >= 0.6 is 0 Å². The number of alkyl halides is 3. The second-order valence-electron chi connectivity index (χ2n) is 7.70. The number of pyridine rings is 1. The fourth-order valence-electron chi connectivity index (χ4n) is 3.18. The van der Waals surface area contributed by atoms with Crippen molar-refractivity contribution < 1.29 is 32.7 Å². The SMILES string of the molecule is O=C(NC1CCCCNC1=O)c1ccc(Nc2nn(-c3ccccn3)c(=O)[nH]2)cc1.O=C(O)C(F)(F)F. The number of carboxylic acids is 1. The van der Waals surface area contributed by atoms with Gasteiger partial charge in [-0.3, -0.25) is 14.6 Å². The van der Waals surface area contributed by atoms with Crippen LogP contribution in [0.2, 0.25) is 0 Å². The van der Waals surface area contributed by atoms with Gasteiger partial charge < -0.3 is 21.1 Å². The Labute approximate surface area is 206 Å². The van der Waals surface area contributed by atoms with Gasteiger partial charge in [0.05, 0.1) is 0 Å². The maximum atomic E-state index is 12.5. The van der Waals surface area contributed by atoms with Crippen molar-refractivity contribution in [3.8, 4) is 5.82 Å². The normalized spacial score (nSPS) is 15.4. The average Bonchev–Trinajstić information content (AvgIpc) is 3.10. The lowest BCUT2D eigenvalue weighted by Crippen LogP contribution is -2.45. The van der Waals surface area contributed by atoms with Crippen LogP contribution in [0.4, 0.5) is 24.8 Å². The molecule has 0 saturated carbocycles. The molecule has 4 rings (SSSR count). The number of anilines is 2. The van der Waals surface area contributed by atoms with Crippen molar-refractivity contribution >= 4 is 29.4 Å². The highest BCUT2D eigenvalue weighted by molar-refractivity contribution is 5.97. The summed E-state index contributed by atoms with van der Waals surface area (Å²) >= 11 is 0. The number of carboxylic acid groups (broad SMARTS) is 1. The zero-order valence-corrected chi connectivity index (χ0v) is 19.1. The number of halogens is 3. The van der Waals surface area contributed by atoms with Crippen molar-refractivity contribution in [2.24, 2.45) is 0 Å². The number of hydrogen-bond acceptors (Lipinski definition) is 7. The van der Waals surface area contributed by atoms with Gasteiger partial charge in [-0.15, -0.1) is 5.10 Å². The highest BCUT2D eigenvalue weighted by atomic mass is 19.4. The molecule has 1 aliphatic rings. The summed E-state index contributed by atoms with van der Waals surface area (Å²) < 4.78 is 32.9. The molecule has 37 heavy (non-hydrogen) atoms. The van der Waals surface area contributed by atoms with Crippen molar-refractivity contribution in [1.82, 2.24) is 30.4 Å². The molecule has 3 aromatic rings.